The van der Waals surface area contributed by atoms with Crippen LogP contribution in [0.3, 0.4) is 0 Å². The van der Waals surface area contributed by atoms with Crippen LogP contribution < -0.4 is 24.8 Å². The molecule has 1 atom stereocenters. The molecule has 0 aliphatic heterocycles. The third kappa shape index (κ3) is 4.27. The molecule has 0 aromatic heterocycles. The summed E-state index contributed by atoms with van der Waals surface area (Å²) in [6, 6.07) is 13.4. The summed E-state index contributed by atoms with van der Waals surface area (Å²) in [7, 11) is 0. The molecule has 0 saturated heterocycles. The Hall–Kier alpha value is 0.343. The summed E-state index contributed by atoms with van der Waals surface area (Å²) in [5.74, 6) is 0.949. The van der Waals surface area contributed by atoms with Crippen molar-refractivity contribution >= 4 is 31.9 Å². The van der Waals surface area contributed by atoms with Crippen LogP contribution in [0.25, 0.3) is 11.1 Å². The van der Waals surface area contributed by atoms with E-state index in [4.69, 9.17) is 0 Å². The smallest absolute Gasteiger partial charge is 1.00 e. The topological polar surface area (TPSA) is 0 Å². The van der Waals surface area contributed by atoms with Gasteiger partial charge >= 0.3 is 26.2 Å². The van der Waals surface area contributed by atoms with Gasteiger partial charge in [-0.1, -0.05) is 74.7 Å². The van der Waals surface area contributed by atoms with E-state index in [1.54, 1.807) is 0 Å². The number of hydrogen-bond donors (Lipinski definition) is 0. The largest absolute Gasteiger partial charge is 2.00 e. The van der Waals surface area contributed by atoms with Crippen LogP contribution in [0.2, 0.25) is 0 Å². The summed E-state index contributed by atoms with van der Waals surface area (Å²) in [6.45, 7) is 2.37. The molecule has 2 aliphatic carbocycles. The van der Waals surface area contributed by atoms with Gasteiger partial charge in [-0.2, -0.15) is 0 Å². The van der Waals surface area contributed by atoms with E-state index < -0.39 is 0 Å². The fourth-order valence-electron chi connectivity index (χ4n) is 3.79. The molecule has 0 N–H and O–H groups in total. The Kier molecular flexibility index (Phi) is 8.90. The second-order valence-corrected chi connectivity index (χ2v) is 7.93. The van der Waals surface area contributed by atoms with Gasteiger partial charge in [0.1, 0.15) is 0 Å². The SMILES string of the molecule is CC(C1=CC=CC1)C1c2cc(Br)ccc2-c2ccc(Br)cc21.[Cl-].[Cl-].[Zr+2]. The van der Waals surface area contributed by atoms with Gasteiger partial charge in [0.2, 0.25) is 0 Å². The first-order chi connectivity index (χ1) is 10.6. The Balaban J connectivity index is 0.00000104. The summed E-state index contributed by atoms with van der Waals surface area (Å²) >= 11 is 7.30. The Morgan fingerprint density at radius 3 is 1.88 bits per heavy atom. The summed E-state index contributed by atoms with van der Waals surface area (Å²) in [4.78, 5) is 0. The van der Waals surface area contributed by atoms with Crippen LogP contribution in [-0.4, -0.2) is 0 Å². The van der Waals surface area contributed by atoms with Gasteiger partial charge in [0.15, 0.2) is 0 Å². The average Bonchev–Trinajstić information content (AvgIpc) is 3.11. The van der Waals surface area contributed by atoms with Crippen LogP contribution in [0.4, 0.5) is 0 Å². The van der Waals surface area contributed by atoms with Crippen molar-refractivity contribution in [3.05, 3.63) is 80.3 Å². The van der Waals surface area contributed by atoms with E-state index in [9.17, 15) is 0 Å². The number of benzene rings is 2. The molecule has 2 aromatic carbocycles. The van der Waals surface area contributed by atoms with E-state index in [2.05, 4.69) is 93.4 Å². The van der Waals surface area contributed by atoms with Gasteiger partial charge in [-0.25, -0.2) is 0 Å². The molecular formula is C20H16Br2Cl2Zr. The molecule has 0 radical (unpaired) electrons. The molecule has 5 heteroatoms. The Bertz CT molecular complexity index is 779. The molecule has 4 rings (SSSR count). The summed E-state index contributed by atoms with van der Waals surface area (Å²) in [6.07, 6.45) is 7.82. The fraction of sp³-hybridized carbons (Fsp3) is 0.200. The van der Waals surface area contributed by atoms with E-state index in [0.29, 0.717) is 11.8 Å². The maximum absolute atomic E-state index is 3.65. The van der Waals surface area contributed by atoms with Crippen LogP contribution in [0.15, 0.2) is 69.1 Å². The van der Waals surface area contributed by atoms with Crippen LogP contribution >= 0.6 is 31.9 Å². The van der Waals surface area contributed by atoms with Gasteiger partial charge in [0.25, 0.3) is 0 Å². The molecule has 0 spiro atoms. The van der Waals surface area contributed by atoms with Crippen molar-refractivity contribution in [3.63, 3.8) is 0 Å². The molecule has 0 saturated carbocycles. The van der Waals surface area contributed by atoms with Gasteiger partial charge in [-0.3, -0.25) is 0 Å². The van der Waals surface area contributed by atoms with Crippen molar-refractivity contribution in [1.29, 1.82) is 0 Å². The van der Waals surface area contributed by atoms with E-state index in [1.807, 2.05) is 0 Å². The Labute approximate surface area is 197 Å². The standard InChI is InChI=1S/C20H16Br2.2ClH.Zr/c1-12(13-4-2-3-5-13)20-18-10-14(21)6-8-16(18)17-9-7-15(22)11-19(17)20;;;/h2-4,6-12,20H,5H2,1H3;2*1H;/q;;;+2/p-2. The zero-order valence-corrected chi connectivity index (χ0v) is 20.7. The van der Waals surface area contributed by atoms with Crippen LogP contribution in [0.5, 0.6) is 0 Å². The predicted octanol–water partition coefficient (Wildman–Crippen LogP) is 0.852. The van der Waals surface area contributed by atoms with Gasteiger partial charge in [0.05, 0.1) is 0 Å². The van der Waals surface area contributed by atoms with Gasteiger partial charge < -0.3 is 24.8 Å². The third-order valence-electron chi connectivity index (χ3n) is 4.87. The molecule has 128 valence electrons. The average molecular weight is 578 g/mol. The number of fused-ring (bicyclic) bond motifs is 3. The van der Waals surface area contributed by atoms with E-state index in [0.717, 1.165) is 15.4 Å². The van der Waals surface area contributed by atoms with E-state index in [-0.39, 0.29) is 51.0 Å². The number of rotatable bonds is 2. The van der Waals surface area contributed by atoms with Gasteiger partial charge in [-0.05, 0) is 58.9 Å². The minimum Gasteiger partial charge on any atom is -1.00 e. The second kappa shape index (κ2) is 9.51. The van der Waals surface area contributed by atoms with Crippen molar-refractivity contribution in [1.82, 2.24) is 0 Å². The summed E-state index contributed by atoms with van der Waals surface area (Å²) in [5, 5.41) is 0. The van der Waals surface area contributed by atoms with Gasteiger partial charge in [0, 0.05) is 14.9 Å². The van der Waals surface area contributed by atoms with Crippen LogP contribution in [-0.2, 0) is 26.2 Å². The second-order valence-electron chi connectivity index (χ2n) is 6.10. The molecule has 0 bridgehead atoms. The van der Waals surface area contributed by atoms with Crippen LogP contribution in [0, 0.1) is 5.92 Å². The summed E-state index contributed by atoms with van der Waals surface area (Å²) < 4.78 is 2.32. The molecule has 25 heavy (non-hydrogen) atoms. The van der Waals surface area contributed by atoms with Crippen molar-refractivity contribution in [2.75, 3.05) is 0 Å². The molecule has 2 aromatic rings. The fourth-order valence-corrected chi connectivity index (χ4v) is 4.55. The Morgan fingerprint density at radius 1 is 0.920 bits per heavy atom. The normalized spacial score (nSPS) is 15.2. The predicted molar refractivity (Wildman–Crippen MR) is 100 cm³/mol. The van der Waals surface area contributed by atoms with E-state index >= 15 is 0 Å². The Morgan fingerprint density at radius 2 is 1.44 bits per heavy atom. The van der Waals surface area contributed by atoms with Crippen molar-refractivity contribution in [2.45, 2.75) is 19.3 Å². The molecule has 0 amide bonds. The minimum atomic E-state index is 0. The maximum atomic E-state index is 3.65. The quantitative estimate of drug-likeness (QED) is 0.497. The van der Waals surface area contributed by atoms with Crippen molar-refractivity contribution < 1.29 is 51.0 Å². The van der Waals surface area contributed by atoms with Crippen molar-refractivity contribution in [2.24, 2.45) is 5.92 Å². The molecule has 2 aliphatic rings. The molecular weight excluding hydrogens is 562 g/mol. The molecule has 0 heterocycles. The van der Waals surface area contributed by atoms with Gasteiger partial charge in [-0.15, -0.1) is 0 Å². The number of hydrogen-bond acceptors (Lipinski definition) is 0. The molecule has 0 nitrogen and oxygen atoms in total. The van der Waals surface area contributed by atoms with E-state index in [1.165, 1.54) is 27.8 Å². The molecule has 0 fully saturated rings. The van der Waals surface area contributed by atoms with Crippen molar-refractivity contribution in [3.8, 4) is 11.1 Å². The number of allylic oxidation sites excluding steroid dienone is 4. The monoisotopic (exact) mass is 574 g/mol. The maximum Gasteiger partial charge on any atom is 2.00 e. The third-order valence-corrected chi connectivity index (χ3v) is 5.86. The first kappa shape index (κ1) is 23.4. The zero-order chi connectivity index (χ0) is 15.3. The first-order valence-corrected chi connectivity index (χ1v) is 9.18. The zero-order valence-electron chi connectivity index (χ0n) is 13.6. The first-order valence-electron chi connectivity index (χ1n) is 7.60. The number of halogens is 4. The minimum absolute atomic E-state index is 0. The summed E-state index contributed by atoms with van der Waals surface area (Å²) in [5.41, 5.74) is 7.19. The molecule has 1 unspecified atom stereocenters. The van der Waals surface area contributed by atoms with Crippen LogP contribution in [0.1, 0.15) is 30.4 Å².